The van der Waals surface area contributed by atoms with Crippen LogP contribution in [0.3, 0.4) is 0 Å². The first kappa shape index (κ1) is 24.0. The molecule has 4 rings (SSSR count). The van der Waals surface area contributed by atoms with Crippen molar-refractivity contribution in [2.45, 2.75) is 37.8 Å². The van der Waals surface area contributed by atoms with Crippen molar-refractivity contribution in [2.75, 3.05) is 33.2 Å². The number of likely N-dealkylation sites (tertiary alicyclic amines) is 2. The summed E-state index contributed by atoms with van der Waals surface area (Å²) in [7, 11) is 1.99. The summed E-state index contributed by atoms with van der Waals surface area (Å²) >= 11 is 0. The van der Waals surface area contributed by atoms with Gasteiger partial charge in [-0.2, -0.15) is 0 Å². The second-order valence-corrected chi connectivity index (χ2v) is 9.21. The van der Waals surface area contributed by atoms with Crippen molar-refractivity contribution in [3.63, 3.8) is 0 Å². The molecule has 2 heterocycles. The van der Waals surface area contributed by atoms with Crippen LogP contribution >= 0.6 is 0 Å². The monoisotopic (exact) mass is 447 g/mol. The van der Waals surface area contributed by atoms with Gasteiger partial charge in [-0.05, 0) is 62.8 Å². The maximum absolute atomic E-state index is 13.1. The van der Waals surface area contributed by atoms with E-state index in [1.807, 2.05) is 11.9 Å². The molecule has 0 spiro atoms. The first-order valence-corrected chi connectivity index (χ1v) is 11.1. The number of amides is 2. The molecule has 1 aromatic carbocycles. The molecule has 9 nitrogen and oxygen atoms in total. The van der Waals surface area contributed by atoms with Crippen LogP contribution in [0.15, 0.2) is 24.3 Å². The number of carboxylic acid groups (broad SMARTS) is 1. The van der Waals surface area contributed by atoms with Crippen LogP contribution in [-0.4, -0.2) is 88.8 Å². The smallest absolute Gasteiger partial charge is 0.290 e. The Morgan fingerprint density at radius 1 is 1.09 bits per heavy atom. The lowest BCUT2D eigenvalue weighted by molar-refractivity contribution is -0.135. The van der Waals surface area contributed by atoms with Crippen LogP contribution in [0.1, 0.15) is 36.0 Å². The number of nitrogens with zero attached hydrogens (tertiary/aromatic N) is 2. The highest BCUT2D eigenvalue weighted by atomic mass is 16.3. The molecule has 0 bridgehead atoms. The second-order valence-electron chi connectivity index (χ2n) is 9.21. The van der Waals surface area contributed by atoms with Gasteiger partial charge in [-0.25, -0.2) is 0 Å². The van der Waals surface area contributed by atoms with Crippen molar-refractivity contribution >= 4 is 18.3 Å². The predicted octanol–water partition coefficient (Wildman–Crippen LogP) is 0.763. The van der Waals surface area contributed by atoms with Crippen molar-refractivity contribution in [3.05, 3.63) is 29.8 Å². The number of nitrogens with one attached hydrogen (secondary N) is 1. The fourth-order valence-corrected chi connectivity index (χ4v) is 5.35. The molecule has 2 aliphatic heterocycles. The van der Waals surface area contributed by atoms with Gasteiger partial charge in [0.2, 0.25) is 5.91 Å². The first-order valence-electron chi connectivity index (χ1n) is 11.1. The number of phenolic OH excluding ortho intramolecular Hbond substituents is 1. The lowest BCUT2D eigenvalue weighted by Gasteiger charge is -2.25. The summed E-state index contributed by atoms with van der Waals surface area (Å²) in [4.78, 5) is 38.1. The maximum Gasteiger partial charge on any atom is 0.290 e. The van der Waals surface area contributed by atoms with Crippen LogP contribution in [0.4, 0.5) is 0 Å². The van der Waals surface area contributed by atoms with E-state index in [1.165, 1.54) is 6.07 Å². The normalized spacial score (nSPS) is 29.9. The minimum absolute atomic E-state index is 0.0271. The van der Waals surface area contributed by atoms with Crippen LogP contribution < -0.4 is 5.32 Å². The number of aliphatic hydroxyl groups excluding tert-OH is 1. The Morgan fingerprint density at radius 2 is 1.75 bits per heavy atom. The number of carbonyl (C=O) groups is 3. The Morgan fingerprint density at radius 3 is 2.38 bits per heavy atom. The number of fused-ring (bicyclic) bond motifs is 1. The number of hydrogen-bond donors (Lipinski definition) is 4. The predicted molar refractivity (Wildman–Crippen MR) is 117 cm³/mol. The van der Waals surface area contributed by atoms with E-state index in [0.29, 0.717) is 30.5 Å². The van der Waals surface area contributed by atoms with Crippen LogP contribution in [0.2, 0.25) is 0 Å². The number of aromatic hydroxyl groups is 1. The molecule has 176 valence electrons. The summed E-state index contributed by atoms with van der Waals surface area (Å²) in [6, 6.07) is 6.31. The van der Waals surface area contributed by atoms with E-state index >= 15 is 0 Å². The number of phenols is 1. The van der Waals surface area contributed by atoms with Crippen molar-refractivity contribution in [1.29, 1.82) is 0 Å². The number of rotatable bonds is 3. The molecule has 4 N–H and O–H groups in total. The van der Waals surface area contributed by atoms with E-state index in [-0.39, 0.29) is 42.1 Å². The summed E-state index contributed by atoms with van der Waals surface area (Å²) in [5.74, 6) is 0.949. The summed E-state index contributed by atoms with van der Waals surface area (Å²) in [6.45, 7) is 2.70. The third-order valence-electron chi connectivity index (χ3n) is 6.76. The zero-order chi connectivity index (χ0) is 23.3. The minimum atomic E-state index is -0.250. The number of benzene rings is 1. The zero-order valence-electron chi connectivity index (χ0n) is 18.4. The third kappa shape index (κ3) is 5.98. The molecule has 1 unspecified atom stereocenters. The molecule has 3 aliphatic rings. The molecular formula is C23H33N3O6. The molecule has 0 radical (unpaired) electrons. The fraction of sp³-hybridized carbons (Fsp3) is 0.609. The molecule has 5 atom stereocenters. The van der Waals surface area contributed by atoms with E-state index < -0.39 is 0 Å². The highest BCUT2D eigenvalue weighted by Crippen LogP contribution is 2.38. The standard InChI is InChI=1S/C22H31N3O4.CH2O2/c1-24-10-15(22(29)25-11-16-8-20(27)9-17(16)12-25)5-6-18(13-24)23-21(28)14-3-2-4-19(26)7-14;2-1-3/h2-4,7,15-18,20,26-27H,5-6,8-13H2,1H3,(H,23,28);1H,(H,2,3)/t15-,16-,17+,18+,20?;/m1./s1. The van der Waals surface area contributed by atoms with Crippen molar-refractivity contribution in [2.24, 2.45) is 17.8 Å². The summed E-state index contributed by atoms with van der Waals surface area (Å²) < 4.78 is 0. The molecule has 2 saturated heterocycles. The van der Waals surface area contributed by atoms with Crippen LogP contribution in [-0.2, 0) is 9.59 Å². The lowest BCUT2D eigenvalue weighted by Crippen LogP contribution is -2.42. The molecule has 32 heavy (non-hydrogen) atoms. The Kier molecular flexibility index (Phi) is 8.09. The molecule has 2 amide bonds. The zero-order valence-corrected chi connectivity index (χ0v) is 18.4. The van der Waals surface area contributed by atoms with E-state index in [1.54, 1.807) is 18.2 Å². The molecular weight excluding hydrogens is 414 g/mol. The van der Waals surface area contributed by atoms with Gasteiger partial charge in [0.15, 0.2) is 0 Å². The Hall–Kier alpha value is -2.65. The Labute approximate surface area is 188 Å². The molecule has 9 heteroatoms. The van der Waals surface area contributed by atoms with Gasteiger partial charge in [0.05, 0.1) is 12.0 Å². The molecule has 3 fully saturated rings. The second kappa shape index (κ2) is 10.8. The van der Waals surface area contributed by atoms with Gasteiger partial charge >= 0.3 is 0 Å². The van der Waals surface area contributed by atoms with Crippen LogP contribution in [0.25, 0.3) is 0 Å². The highest BCUT2D eigenvalue weighted by molar-refractivity contribution is 5.94. The van der Waals surface area contributed by atoms with Gasteiger partial charge in [0.25, 0.3) is 12.4 Å². The van der Waals surface area contributed by atoms with Crippen molar-refractivity contribution in [1.82, 2.24) is 15.1 Å². The summed E-state index contributed by atoms with van der Waals surface area (Å²) in [6.07, 6.45) is 2.96. The average molecular weight is 448 g/mol. The Bertz CT molecular complexity index is 805. The number of hydrogen-bond acceptors (Lipinski definition) is 6. The Balaban J connectivity index is 0.000000913. The van der Waals surface area contributed by atoms with Crippen LogP contribution in [0, 0.1) is 17.8 Å². The first-order chi connectivity index (χ1) is 15.3. The van der Waals surface area contributed by atoms with Gasteiger partial charge in [-0.1, -0.05) is 6.07 Å². The van der Waals surface area contributed by atoms with Crippen LogP contribution in [0.5, 0.6) is 5.75 Å². The molecule has 1 aliphatic carbocycles. The SMILES string of the molecule is CN1C[C@@H](NC(=O)c2cccc(O)c2)CC[C@@H](C(=O)N2C[C@H]3CC(O)C[C@H]3C2)C1.O=CO. The van der Waals surface area contributed by atoms with Crippen molar-refractivity contribution < 1.29 is 29.7 Å². The van der Waals surface area contributed by atoms with Crippen molar-refractivity contribution in [3.8, 4) is 5.75 Å². The number of carbonyl (C=O) groups excluding carboxylic acids is 2. The highest BCUT2D eigenvalue weighted by Gasteiger charge is 2.43. The number of likely N-dealkylation sites (N-methyl/N-ethyl adjacent to an activating group) is 1. The van der Waals surface area contributed by atoms with Gasteiger partial charge in [-0.15, -0.1) is 0 Å². The number of aliphatic hydroxyl groups is 1. The van der Waals surface area contributed by atoms with E-state index in [4.69, 9.17) is 9.90 Å². The quantitative estimate of drug-likeness (QED) is 0.503. The van der Waals surface area contributed by atoms with E-state index in [2.05, 4.69) is 10.2 Å². The van der Waals surface area contributed by atoms with Gasteiger partial charge in [-0.3, -0.25) is 14.4 Å². The molecule has 1 saturated carbocycles. The third-order valence-corrected chi connectivity index (χ3v) is 6.76. The van der Waals surface area contributed by atoms with Gasteiger partial charge in [0, 0.05) is 37.8 Å². The average Bonchev–Trinajstić information content (AvgIpc) is 3.21. The van der Waals surface area contributed by atoms with E-state index in [9.17, 15) is 19.8 Å². The van der Waals surface area contributed by atoms with Gasteiger partial charge in [0.1, 0.15) is 5.75 Å². The summed E-state index contributed by atoms with van der Waals surface area (Å²) in [5.41, 5.74) is 0.440. The largest absolute Gasteiger partial charge is 0.508 e. The summed E-state index contributed by atoms with van der Waals surface area (Å²) in [5, 5.41) is 29.3. The minimum Gasteiger partial charge on any atom is -0.508 e. The van der Waals surface area contributed by atoms with E-state index in [0.717, 1.165) is 38.8 Å². The maximum atomic E-state index is 13.1. The fourth-order valence-electron chi connectivity index (χ4n) is 5.35. The molecule has 1 aromatic rings. The lowest BCUT2D eigenvalue weighted by atomic mass is 10.00. The molecule has 0 aromatic heterocycles. The van der Waals surface area contributed by atoms with Gasteiger partial charge < -0.3 is 30.4 Å². The topological polar surface area (TPSA) is 130 Å².